The molecule has 0 aromatic rings. The minimum absolute atomic E-state index is 0.0242. The van der Waals surface area contributed by atoms with Crippen LogP contribution >= 0.6 is 0 Å². The Morgan fingerprint density at radius 2 is 2.00 bits per heavy atom. The number of piperidine rings is 1. The predicted molar refractivity (Wildman–Crippen MR) is 66.3 cm³/mol. The van der Waals surface area contributed by atoms with E-state index in [1.807, 2.05) is 0 Å². The van der Waals surface area contributed by atoms with Gasteiger partial charge in [0.25, 0.3) is 0 Å². The molecule has 0 unspecified atom stereocenters. The predicted octanol–water partition coefficient (Wildman–Crippen LogP) is 0.425. The highest BCUT2D eigenvalue weighted by molar-refractivity contribution is 5.99. The molecule has 0 radical (unpaired) electrons. The molecule has 2 heterocycles. The Morgan fingerprint density at radius 3 is 2.59 bits per heavy atom. The van der Waals surface area contributed by atoms with Crippen molar-refractivity contribution in [2.75, 3.05) is 39.8 Å². The fourth-order valence-electron chi connectivity index (χ4n) is 2.69. The van der Waals surface area contributed by atoms with Crippen LogP contribution in [0.1, 0.15) is 12.8 Å². The van der Waals surface area contributed by atoms with Crippen molar-refractivity contribution in [3.8, 4) is 0 Å². The largest absolute Gasteiger partial charge is 0.510 e. The van der Waals surface area contributed by atoms with E-state index in [2.05, 4.69) is 11.9 Å². The molecular formula is C12H21N3O2. The average Bonchev–Trinajstić information content (AvgIpc) is 2.57. The highest BCUT2D eigenvalue weighted by Gasteiger charge is 2.33. The summed E-state index contributed by atoms with van der Waals surface area (Å²) in [5, 5.41) is 27.0. The van der Waals surface area contributed by atoms with Gasteiger partial charge in [-0.2, -0.15) is 0 Å². The standard InChI is InChI=1S/C12H21N3O2/c1-14-4-2-9(3-5-14)11-10(17)8-15(6-7-16)12(11)13/h9,13,16-17H,2-8H2,1H3. The number of likely N-dealkylation sites (tertiary alicyclic amines) is 1. The lowest BCUT2D eigenvalue weighted by Gasteiger charge is -2.30. The fourth-order valence-corrected chi connectivity index (χ4v) is 2.69. The van der Waals surface area contributed by atoms with Gasteiger partial charge in [-0.3, -0.25) is 5.41 Å². The lowest BCUT2D eigenvalue weighted by molar-refractivity contribution is 0.237. The Labute approximate surface area is 102 Å². The molecule has 0 saturated carbocycles. The summed E-state index contributed by atoms with van der Waals surface area (Å²) >= 11 is 0. The molecule has 96 valence electrons. The summed E-state index contributed by atoms with van der Waals surface area (Å²) in [6, 6.07) is 0. The van der Waals surface area contributed by atoms with Gasteiger partial charge in [0, 0.05) is 12.1 Å². The van der Waals surface area contributed by atoms with Gasteiger partial charge < -0.3 is 20.0 Å². The van der Waals surface area contributed by atoms with Crippen LogP contribution < -0.4 is 0 Å². The van der Waals surface area contributed by atoms with Crippen LogP contribution in [-0.4, -0.2) is 65.7 Å². The number of nitrogens with zero attached hydrogens (tertiary/aromatic N) is 2. The third kappa shape index (κ3) is 2.45. The Hall–Kier alpha value is -1.07. The summed E-state index contributed by atoms with van der Waals surface area (Å²) in [6.45, 7) is 2.89. The zero-order valence-electron chi connectivity index (χ0n) is 10.3. The number of aliphatic hydroxyl groups is 2. The van der Waals surface area contributed by atoms with Crippen molar-refractivity contribution in [2.24, 2.45) is 5.92 Å². The molecule has 1 fully saturated rings. The summed E-state index contributed by atoms with van der Waals surface area (Å²) in [7, 11) is 2.10. The molecule has 5 heteroatoms. The minimum Gasteiger partial charge on any atom is -0.510 e. The van der Waals surface area contributed by atoms with Crippen LogP contribution in [0.25, 0.3) is 0 Å². The van der Waals surface area contributed by atoms with Crippen molar-refractivity contribution in [2.45, 2.75) is 12.8 Å². The average molecular weight is 239 g/mol. The first kappa shape index (κ1) is 12.4. The zero-order valence-corrected chi connectivity index (χ0v) is 10.3. The van der Waals surface area contributed by atoms with Crippen LogP contribution in [-0.2, 0) is 0 Å². The first-order valence-corrected chi connectivity index (χ1v) is 6.18. The molecule has 0 bridgehead atoms. The topological polar surface area (TPSA) is 70.8 Å². The summed E-state index contributed by atoms with van der Waals surface area (Å²) in [6.07, 6.45) is 2.01. The number of aliphatic hydroxyl groups excluding tert-OH is 2. The van der Waals surface area contributed by atoms with Gasteiger partial charge in [0.15, 0.2) is 0 Å². The van der Waals surface area contributed by atoms with Crippen molar-refractivity contribution in [3.05, 3.63) is 11.3 Å². The minimum atomic E-state index is 0.0242. The lowest BCUT2D eigenvalue weighted by atomic mass is 9.88. The second-order valence-electron chi connectivity index (χ2n) is 4.93. The van der Waals surface area contributed by atoms with Crippen molar-refractivity contribution >= 4 is 5.84 Å². The maximum Gasteiger partial charge on any atom is 0.128 e. The Morgan fingerprint density at radius 1 is 1.35 bits per heavy atom. The zero-order chi connectivity index (χ0) is 12.4. The first-order chi connectivity index (χ1) is 8.13. The first-order valence-electron chi connectivity index (χ1n) is 6.18. The molecule has 3 N–H and O–H groups in total. The third-order valence-corrected chi connectivity index (χ3v) is 3.72. The highest BCUT2D eigenvalue weighted by atomic mass is 16.3. The molecule has 0 atom stereocenters. The molecule has 2 aliphatic heterocycles. The van der Waals surface area contributed by atoms with E-state index in [1.54, 1.807) is 4.90 Å². The summed E-state index contributed by atoms with van der Waals surface area (Å²) in [4.78, 5) is 4.02. The maximum absolute atomic E-state index is 9.98. The van der Waals surface area contributed by atoms with Gasteiger partial charge in [-0.15, -0.1) is 0 Å². The lowest BCUT2D eigenvalue weighted by Crippen LogP contribution is -2.34. The van der Waals surface area contributed by atoms with Crippen LogP contribution in [0.3, 0.4) is 0 Å². The van der Waals surface area contributed by atoms with E-state index in [1.165, 1.54) is 0 Å². The molecule has 5 nitrogen and oxygen atoms in total. The number of amidine groups is 1. The van der Waals surface area contributed by atoms with Gasteiger partial charge in [0.2, 0.25) is 0 Å². The van der Waals surface area contributed by atoms with E-state index < -0.39 is 0 Å². The monoisotopic (exact) mass is 239 g/mol. The van der Waals surface area contributed by atoms with E-state index in [0.717, 1.165) is 31.5 Å². The SMILES string of the molecule is CN1CCC(C2=C(O)CN(CCO)C2=N)CC1. The summed E-state index contributed by atoms with van der Waals surface area (Å²) in [5.74, 6) is 1.05. The maximum atomic E-state index is 9.98. The highest BCUT2D eigenvalue weighted by Crippen LogP contribution is 2.31. The van der Waals surface area contributed by atoms with Crippen LogP contribution in [0.15, 0.2) is 11.3 Å². The molecule has 0 aromatic heterocycles. The van der Waals surface area contributed by atoms with Crippen molar-refractivity contribution in [1.29, 1.82) is 5.41 Å². The molecular weight excluding hydrogens is 218 g/mol. The van der Waals surface area contributed by atoms with Gasteiger partial charge >= 0.3 is 0 Å². The Bertz CT molecular complexity index is 333. The Kier molecular flexibility index (Phi) is 3.69. The van der Waals surface area contributed by atoms with Crippen LogP contribution in [0.2, 0.25) is 0 Å². The van der Waals surface area contributed by atoms with Crippen molar-refractivity contribution in [1.82, 2.24) is 9.80 Å². The van der Waals surface area contributed by atoms with Crippen molar-refractivity contribution in [3.63, 3.8) is 0 Å². The Balaban J connectivity index is 2.05. The van der Waals surface area contributed by atoms with Gasteiger partial charge in [-0.25, -0.2) is 0 Å². The summed E-state index contributed by atoms with van der Waals surface area (Å²) in [5.41, 5.74) is 0.812. The molecule has 0 amide bonds. The van der Waals surface area contributed by atoms with E-state index >= 15 is 0 Å². The number of hydrogen-bond acceptors (Lipinski definition) is 4. The molecule has 17 heavy (non-hydrogen) atoms. The number of hydrogen-bond donors (Lipinski definition) is 3. The van der Waals surface area contributed by atoms with E-state index in [0.29, 0.717) is 30.6 Å². The van der Waals surface area contributed by atoms with Gasteiger partial charge in [-0.1, -0.05) is 0 Å². The molecule has 2 rings (SSSR count). The second kappa shape index (κ2) is 5.06. The molecule has 1 saturated heterocycles. The fraction of sp³-hybridized carbons (Fsp3) is 0.750. The normalized spacial score (nSPS) is 23.9. The van der Waals surface area contributed by atoms with Crippen LogP contribution in [0.5, 0.6) is 0 Å². The molecule has 0 aliphatic carbocycles. The second-order valence-corrected chi connectivity index (χ2v) is 4.93. The van der Waals surface area contributed by atoms with E-state index in [9.17, 15) is 5.11 Å². The van der Waals surface area contributed by atoms with Crippen molar-refractivity contribution < 1.29 is 10.2 Å². The van der Waals surface area contributed by atoms with Crippen LogP contribution in [0, 0.1) is 11.3 Å². The van der Waals surface area contributed by atoms with Gasteiger partial charge in [-0.05, 0) is 38.9 Å². The third-order valence-electron chi connectivity index (χ3n) is 3.72. The van der Waals surface area contributed by atoms with Gasteiger partial charge in [0.1, 0.15) is 11.6 Å². The summed E-state index contributed by atoms with van der Waals surface area (Å²) < 4.78 is 0. The smallest absolute Gasteiger partial charge is 0.128 e. The molecule has 0 aromatic carbocycles. The van der Waals surface area contributed by atoms with Crippen LogP contribution in [0.4, 0.5) is 0 Å². The number of rotatable bonds is 3. The van der Waals surface area contributed by atoms with E-state index in [-0.39, 0.29) is 6.61 Å². The number of nitrogens with one attached hydrogen (secondary N) is 1. The van der Waals surface area contributed by atoms with E-state index in [4.69, 9.17) is 10.5 Å². The van der Waals surface area contributed by atoms with Gasteiger partial charge in [0.05, 0.1) is 13.2 Å². The molecule has 2 aliphatic rings. The molecule has 0 spiro atoms. The quantitative estimate of drug-likeness (QED) is 0.668. The number of β-amino-alcohol motifs (C(OH)–C–C–N with tert-alkyl or cyclic N) is 1.